The van der Waals surface area contributed by atoms with E-state index in [1.807, 2.05) is 30.3 Å². The van der Waals surface area contributed by atoms with Gasteiger partial charge >= 0.3 is 0 Å². The number of nitrogen functional groups attached to an aromatic ring is 1. The van der Waals surface area contributed by atoms with Crippen LogP contribution in [0.4, 0.5) is 10.2 Å². The van der Waals surface area contributed by atoms with Crippen molar-refractivity contribution in [1.82, 2.24) is 15.2 Å². The summed E-state index contributed by atoms with van der Waals surface area (Å²) in [4.78, 5) is 6.47. The molecule has 5 heteroatoms. The number of halogens is 1. The van der Waals surface area contributed by atoms with Crippen molar-refractivity contribution in [2.45, 2.75) is 26.3 Å². The molecule has 0 unspecified atom stereocenters. The van der Waals surface area contributed by atoms with Gasteiger partial charge in [0, 0.05) is 48.1 Å². The second kappa shape index (κ2) is 8.49. The van der Waals surface area contributed by atoms with Crippen LogP contribution in [0.5, 0.6) is 0 Å². The quantitative estimate of drug-likeness (QED) is 0.536. The number of pyridine rings is 1. The molecule has 33 heavy (non-hydrogen) atoms. The first-order valence-electron chi connectivity index (χ1n) is 11.5. The van der Waals surface area contributed by atoms with Crippen LogP contribution in [-0.2, 0) is 6.42 Å². The van der Waals surface area contributed by atoms with Gasteiger partial charge in [0.1, 0.15) is 5.82 Å². The van der Waals surface area contributed by atoms with Crippen molar-refractivity contribution in [3.05, 3.63) is 83.8 Å². The number of rotatable bonds is 4. The summed E-state index contributed by atoms with van der Waals surface area (Å²) in [6, 6.07) is 16.6. The Morgan fingerprint density at radius 1 is 1.00 bits per heavy atom. The van der Waals surface area contributed by atoms with Gasteiger partial charge in [0.2, 0.25) is 5.95 Å². The van der Waals surface area contributed by atoms with Gasteiger partial charge in [-0.1, -0.05) is 55.1 Å². The summed E-state index contributed by atoms with van der Waals surface area (Å²) < 4.78 is 14.9. The number of hydrogen-bond donors (Lipinski definition) is 2. The minimum Gasteiger partial charge on any atom is -0.385 e. The van der Waals surface area contributed by atoms with Crippen LogP contribution >= 0.6 is 0 Å². The molecule has 3 N–H and O–H groups in total. The average Bonchev–Trinajstić information content (AvgIpc) is 3.30. The van der Waals surface area contributed by atoms with E-state index in [0.29, 0.717) is 11.6 Å². The van der Waals surface area contributed by atoms with Crippen LogP contribution in [0.2, 0.25) is 0 Å². The largest absolute Gasteiger partial charge is 0.385 e. The van der Waals surface area contributed by atoms with Gasteiger partial charge in [0.25, 0.3) is 0 Å². The normalized spacial score (nSPS) is 16.0. The maximum atomic E-state index is 14.9. The summed E-state index contributed by atoms with van der Waals surface area (Å²) in [5.41, 5.74) is 14.8. The van der Waals surface area contributed by atoms with E-state index in [1.54, 1.807) is 0 Å². The summed E-state index contributed by atoms with van der Waals surface area (Å²) in [6.45, 7) is 11.3. The molecule has 5 rings (SSSR count). The van der Waals surface area contributed by atoms with E-state index >= 15 is 0 Å². The number of anilines is 1. The number of aromatic nitrogens is 1. The molecule has 168 valence electrons. The van der Waals surface area contributed by atoms with Gasteiger partial charge < -0.3 is 11.1 Å². The number of nitrogens with one attached hydrogen (secondary N) is 1. The predicted octanol–water partition coefficient (Wildman–Crippen LogP) is 5.36. The van der Waals surface area contributed by atoms with Crippen molar-refractivity contribution < 1.29 is 4.39 Å². The van der Waals surface area contributed by atoms with Crippen molar-refractivity contribution in [1.29, 1.82) is 0 Å². The average molecular weight is 441 g/mol. The second-order valence-corrected chi connectivity index (χ2v) is 9.12. The van der Waals surface area contributed by atoms with Gasteiger partial charge in [-0.15, -0.1) is 0 Å². The summed E-state index contributed by atoms with van der Waals surface area (Å²) in [5.74, 6) is -0.351. The van der Waals surface area contributed by atoms with Gasteiger partial charge in [-0.25, -0.2) is 4.98 Å². The molecule has 0 bridgehead atoms. The standard InChI is InChI=1S/C28H29FN4/c1-17(2)33-13-11-23(16-33)19-4-6-20(7-5-19)25-15-26(28(30)32-27(25)29)21-8-9-24-18(3)31-12-10-22(24)14-21/h4-9,11,14-15,17,31H,3,10,12-13,16H2,1-2H3,(H2,30,32). The first kappa shape index (κ1) is 21.4. The Bertz CT molecular complexity index is 1260. The van der Waals surface area contributed by atoms with Gasteiger partial charge in [-0.2, -0.15) is 4.39 Å². The third-order valence-corrected chi connectivity index (χ3v) is 6.72. The monoisotopic (exact) mass is 440 g/mol. The highest BCUT2D eigenvalue weighted by Crippen LogP contribution is 2.34. The molecule has 0 fully saturated rings. The number of nitrogens with zero attached hydrogens (tertiary/aromatic N) is 2. The molecule has 0 atom stereocenters. The van der Waals surface area contributed by atoms with Crippen LogP contribution in [0.15, 0.2) is 61.2 Å². The van der Waals surface area contributed by atoms with Crippen molar-refractivity contribution in [3.63, 3.8) is 0 Å². The second-order valence-electron chi connectivity index (χ2n) is 9.12. The summed E-state index contributed by atoms with van der Waals surface area (Å²) in [7, 11) is 0. The topological polar surface area (TPSA) is 54.2 Å². The lowest BCUT2D eigenvalue weighted by atomic mass is 9.93. The molecule has 3 heterocycles. The molecule has 0 aliphatic carbocycles. The minimum absolute atomic E-state index is 0.200. The molecule has 2 aliphatic rings. The van der Waals surface area contributed by atoms with Crippen molar-refractivity contribution in [3.8, 4) is 22.3 Å². The smallest absolute Gasteiger partial charge is 0.222 e. The highest BCUT2D eigenvalue weighted by Gasteiger charge is 2.19. The number of fused-ring (bicyclic) bond motifs is 1. The molecule has 3 aromatic rings. The Labute approximate surface area is 194 Å². The van der Waals surface area contributed by atoms with Crippen molar-refractivity contribution >= 4 is 17.1 Å². The third-order valence-electron chi connectivity index (χ3n) is 6.72. The Kier molecular flexibility index (Phi) is 5.51. The fraction of sp³-hybridized carbons (Fsp3) is 0.250. The Hall–Kier alpha value is -3.44. The maximum Gasteiger partial charge on any atom is 0.222 e. The Morgan fingerprint density at radius 2 is 1.73 bits per heavy atom. The van der Waals surface area contributed by atoms with Crippen LogP contribution in [-0.4, -0.2) is 35.6 Å². The third kappa shape index (κ3) is 4.05. The molecular formula is C28H29FN4. The van der Waals surface area contributed by atoms with Crippen LogP contribution in [0.3, 0.4) is 0 Å². The highest BCUT2D eigenvalue weighted by atomic mass is 19.1. The lowest BCUT2D eigenvalue weighted by molar-refractivity contribution is 0.290. The highest BCUT2D eigenvalue weighted by molar-refractivity contribution is 5.82. The SMILES string of the molecule is C=C1NCCc2cc(-c3cc(-c4ccc(C5=CCN(C(C)C)C5)cc4)c(F)nc3N)ccc21. The molecule has 1 aromatic heterocycles. The lowest BCUT2D eigenvalue weighted by Gasteiger charge is -2.21. The molecule has 2 aliphatic heterocycles. The lowest BCUT2D eigenvalue weighted by Crippen LogP contribution is -2.28. The Balaban J connectivity index is 1.47. The maximum absolute atomic E-state index is 14.9. The number of benzene rings is 2. The minimum atomic E-state index is -0.550. The molecule has 4 nitrogen and oxygen atoms in total. The van der Waals surface area contributed by atoms with Crippen LogP contribution < -0.4 is 11.1 Å². The fourth-order valence-corrected chi connectivity index (χ4v) is 4.69. The molecule has 0 amide bonds. The summed E-state index contributed by atoms with van der Waals surface area (Å²) in [5, 5.41) is 3.29. The fourth-order valence-electron chi connectivity index (χ4n) is 4.69. The molecule has 0 saturated carbocycles. The van der Waals surface area contributed by atoms with E-state index in [-0.39, 0.29) is 5.82 Å². The zero-order valence-electron chi connectivity index (χ0n) is 19.2. The van der Waals surface area contributed by atoms with E-state index in [0.717, 1.165) is 54.0 Å². The first-order chi connectivity index (χ1) is 15.9. The summed E-state index contributed by atoms with van der Waals surface area (Å²) >= 11 is 0. The van der Waals surface area contributed by atoms with E-state index in [1.165, 1.54) is 16.7 Å². The molecular weight excluding hydrogens is 411 g/mol. The van der Waals surface area contributed by atoms with Crippen LogP contribution in [0, 0.1) is 5.95 Å². The van der Waals surface area contributed by atoms with E-state index in [4.69, 9.17) is 5.73 Å². The zero-order valence-corrected chi connectivity index (χ0v) is 19.2. The molecule has 0 spiro atoms. The molecule has 0 radical (unpaired) electrons. The van der Waals surface area contributed by atoms with Crippen LogP contribution in [0.1, 0.15) is 30.5 Å². The first-order valence-corrected chi connectivity index (χ1v) is 11.5. The van der Waals surface area contributed by atoms with Gasteiger partial charge in [-0.3, -0.25) is 4.90 Å². The van der Waals surface area contributed by atoms with Gasteiger partial charge in [0.15, 0.2) is 0 Å². The van der Waals surface area contributed by atoms with E-state index in [2.05, 4.69) is 59.9 Å². The van der Waals surface area contributed by atoms with Crippen LogP contribution in [0.25, 0.3) is 33.5 Å². The number of nitrogens with two attached hydrogens (primary N) is 1. The van der Waals surface area contributed by atoms with Crippen molar-refractivity contribution in [2.75, 3.05) is 25.4 Å². The van der Waals surface area contributed by atoms with Gasteiger partial charge in [-0.05, 0) is 54.2 Å². The summed E-state index contributed by atoms with van der Waals surface area (Å²) in [6.07, 6.45) is 3.19. The number of hydrogen-bond acceptors (Lipinski definition) is 4. The zero-order chi connectivity index (χ0) is 23.1. The van der Waals surface area contributed by atoms with E-state index in [9.17, 15) is 4.39 Å². The van der Waals surface area contributed by atoms with Crippen molar-refractivity contribution in [2.24, 2.45) is 0 Å². The van der Waals surface area contributed by atoms with Gasteiger partial charge in [0.05, 0.1) is 0 Å². The Morgan fingerprint density at radius 3 is 2.45 bits per heavy atom. The molecule has 0 saturated heterocycles. The predicted molar refractivity (Wildman–Crippen MR) is 135 cm³/mol. The van der Waals surface area contributed by atoms with E-state index < -0.39 is 5.95 Å². The molecule has 2 aromatic carbocycles.